The topological polar surface area (TPSA) is 25.8 Å². The fourth-order valence-corrected chi connectivity index (χ4v) is 1.40. The number of aryl methyl sites for hydroxylation is 1. The van der Waals surface area contributed by atoms with Gasteiger partial charge in [-0.3, -0.25) is 0 Å². The van der Waals surface area contributed by atoms with Crippen molar-refractivity contribution in [2.75, 3.05) is 0 Å². The Morgan fingerprint density at radius 1 is 1.45 bits per heavy atom. The van der Waals surface area contributed by atoms with E-state index in [4.69, 9.17) is 0 Å². The lowest BCUT2D eigenvalue weighted by Gasteiger charge is -2.01. The summed E-state index contributed by atoms with van der Waals surface area (Å²) in [6.45, 7) is 2.12. The second-order valence-electron chi connectivity index (χ2n) is 2.64. The smallest absolute Gasteiger partial charge is 0.115 e. The first-order valence-corrected chi connectivity index (χ1v) is 3.91. The first-order chi connectivity index (χ1) is 5.42. The molecule has 2 heteroatoms. The summed E-state index contributed by atoms with van der Waals surface area (Å²) < 4.78 is 0. The van der Waals surface area contributed by atoms with Crippen molar-refractivity contribution in [2.45, 2.75) is 19.8 Å². The fraction of sp³-hybridized carbons (Fsp3) is 0.333. The van der Waals surface area contributed by atoms with E-state index >= 15 is 0 Å². The van der Waals surface area contributed by atoms with Crippen LogP contribution in [0.2, 0.25) is 0 Å². The number of hydrogen-bond donors (Lipinski definition) is 0. The molecule has 1 aromatic rings. The number of rotatable bonds is 1. The van der Waals surface area contributed by atoms with Crippen molar-refractivity contribution in [3.63, 3.8) is 0 Å². The molecule has 0 saturated carbocycles. The summed E-state index contributed by atoms with van der Waals surface area (Å²) >= 11 is 0. The highest BCUT2D eigenvalue weighted by Gasteiger charge is 2.09. The molecule has 0 aromatic carbocycles. The zero-order chi connectivity index (χ0) is 7.68. The van der Waals surface area contributed by atoms with Crippen LogP contribution in [-0.2, 0) is 12.8 Å². The molecule has 0 bridgehead atoms. The van der Waals surface area contributed by atoms with Gasteiger partial charge in [-0.2, -0.15) is 0 Å². The number of allylic oxidation sites excluding steroid dienone is 1. The van der Waals surface area contributed by atoms with Crippen molar-refractivity contribution in [3.05, 3.63) is 29.4 Å². The Hall–Kier alpha value is -1.18. The van der Waals surface area contributed by atoms with E-state index in [0.717, 1.165) is 12.8 Å². The molecule has 0 unspecified atom stereocenters. The highest BCUT2D eigenvalue weighted by Crippen LogP contribution is 2.19. The third-order valence-electron chi connectivity index (χ3n) is 1.98. The number of nitrogens with zero attached hydrogens (tertiary/aromatic N) is 2. The van der Waals surface area contributed by atoms with Gasteiger partial charge in [0.2, 0.25) is 0 Å². The zero-order valence-electron chi connectivity index (χ0n) is 6.54. The maximum atomic E-state index is 4.21. The van der Waals surface area contributed by atoms with Crippen LogP contribution in [0.1, 0.15) is 23.9 Å². The van der Waals surface area contributed by atoms with Crippen molar-refractivity contribution in [3.8, 4) is 0 Å². The molecule has 0 atom stereocenters. The van der Waals surface area contributed by atoms with E-state index < -0.39 is 0 Å². The summed E-state index contributed by atoms with van der Waals surface area (Å²) in [7, 11) is 0. The highest BCUT2D eigenvalue weighted by atomic mass is 14.8. The zero-order valence-corrected chi connectivity index (χ0v) is 6.54. The molecule has 1 aliphatic rings. The van der Waals surface area contributed by atoms with Gasteiger partial charge in [0.1, 0.15) is 6.33 Å². The quantitative estimate of drug-likeness (QED) is 0.601. The third-order valence-corrected chi connectivity index (χ3v) is 1.98. The molecule has 1 aromatic heterocycles. The van der Waals surface area contributed by atoms with Crippen molar-refractivity contribution in [1.82, 2.24) is 9.97 Å². The lowest BCUT2D eigenvalue weighted by molar-refractivity contribution is 0.959. The van der Waals surface area contributed by atoms with Gasteiger partial charge in [0, 0.05) is 12.0 Å². The minimum absolute atomic E-state index is 0.977. The van der Waals surface area contributed by atoms with Crippen LogP contribution in [0.4, 0.5) is 0 Å². The maximum absolute atomic E-state index is 4.21. The van der Waals surface area contributed by atoms with Crippen LogP contribution in [0, 0.1) is 0 Å². The molecule has 0 aliphatic heterocycles. The Balaban J connectivity index is 2.57. The molecule has 0 fully saturated rings. The summed E-state index contributed by atoms with van der Waals surface area (Å²) in [5, 5.41) is 0. The lowest BCUT2D eigenvalue weighted by Crippen LogP contribution is -1.96. The summed E-state index contributed by atoms with van der Waals surface area (Å²) in [5.74, 6) is 0. The normalized spacial score (nSPS) is 13.5. The lowest BCUT2D eigenvalue weighted by atomic mass is 10.1. The maximum Gasteiger partial charge on any atom is 0.115 e. The van der Waals surface area contributed by atoms with E-state index in [0.29, 0.717) is 0 Å². The van der Waals surface area contributed by atoms with Crippen molar-refractivity contribution >= 4 is 6.08 Å². The molecule has 0 N–H and O–H groups in total. The van der Waals surface area contributed by atoms with Gasteiger partial charge in [0.25, 0.3) is 0 Å². The molecule has 0 amide bonds. The Labute approximate surface area is 66.0 Å². The summed E-state index contributed by atoms with van der Waals surface area (Å²) in [4.78, 5) is 8.40. The SMILES string of the molecule is CCc1ncnc2c1C=CC2. The van der Waals surface area contributed by atoms with Crippen LogP contribution < -0.4 is 0 Å². The van der Waals surface area contributed by atoms with E-state index in [1.807, 2.05) is 0 Å². The van der Waals surface area contributed by atoms with Crippen molar-refractivity contribution < 1.29 is 0 Å². The Kier molecular flexibility index (Phi) is 1.46. The van der Waals surface area contributed by atoms with Crippen molar-refractivity contribution in [2.24, 2.45) is 0 Å². The Bertz CT molecular complexity index is 302. The molecule has 1 heterocycles. The number of aromatic nitrogens is 2. The highest BCUT2D eigenvalue weighted by molar-refractivity contribution is 5.59. The van der Waals surface area contributed by atoms with Crippen LogP contribution in [0.15, 0.2) is 12.4 Å². The summed E-state index contributed by atoms with van der Waals surface area (Å²) in [6.07, 6.45) is 7.89. The predicted molar refractivity (Wildman–Crippen MR) is 44.1 cm³/mol. The van der Waals surface area contributed by atoms with Gasteiger partial charge in [-0.25, -0.2) is 9.97 Å². The van der Waals surface area contributed by atoms with Gasteiger partial charge < -0.3 is 0 Å². The molecule has 11 heavy (non-hydrogen) atoms. The molecular weight excluding hydrogens is 136 g/mol. The van der Waals surface area contributed by atoms with Crippen LogP contribution in [0.25, 0.3) is 6.08 Å². The monoisotopic (exact) mass is 146 g/mol. The fourth-order valence-electron chi connectivity index (χ4n) is 1.40. The van der Waals surface area contributed by atoms with Gasteiger partial charge in [-0.05, 0) is 6.42 Å². The van der Waals surface area contributed by atoms with Gasteiger partial charge in [-0.15, -0.1) is 0 Å². The molecule has 0 spiro atoms. The van der Waals surface area contributed by atoms with E-state index in [-0.39, 0.29) is 0 Å². The predicted octanol–water partition coefficient (Wildman–Crippen LogP) is 1.61. The molecular formula is C9H10N2. The van der Waals surface area contributed by atoms with E-state index in [2.05, 4.69) is 29.0 Å². The molecule has 2 rings (SSSR count). The van der Waals surface area contributed by atoms with Crippen LogP contribution >= 0.6 is 0 Å². The Morgan fingerprint density at radius 3 is 3.18 bits per heavy atom. The standard InChI is InChI=1S/C9H10N2/c1-2-8-7-4-3-5-9(7)11-6-10-8/h3-4,6H,2,5H2,1H3. The summed E-state index contributed by atoms with van der Waals surface area (Å²) in [6, 6.07) is 0. The van der Waals surface area contributed by atoms with Gasteiger partial charge >= 0.3 is 0 Å². The molecule has 2 nitrogen and oxygen atoms in total. The second kappa shape index (κ2) is 2.46. The third kappa shape index (κ3) is 0.946. The largest absolute Gasteiger partial charge is 0.241 e. The average molecular weight is 146 g/mol. The van der Waals surface area contributed by atoms with Gasteiger partial charge in [-0.1, -0.05) is 19.1 Å². The second-order valence-corrected chi connectivity index (χ2v) is 2.64. The van der Waals surface area contributed by atoms with E-state index in [1.54, 1.807) is 6.33 Å². The van der Waals surface area contributed by atoms with E-state index in [1.165, 1.54) is 17.0 Å². The van der Waals surface area contributed by atoms with Crippen LogP contribution in [-0.4, -0.2) is 9.97 Å². The Morgan fingerprint density at radius 2 is 2.36 bits per heavy atom. The molecule has 0 saturated heterocycles. The number of fused-ring (bicyclic) bond motifs is 1. The van der Waals surface area contributed by atoms with Gasteiger partial charge in [0.05, 0.1) is 11.4 Å². The first-order valence-electron chi connectivity index (χ1n) is 3.91. The van der Waals surface area contributed by atoms with Crippen molar-refractivity contribution in [1.29, 1.82) is 0 Å². The van der Waals surface area contributed by atoms with Crippen LogP contribution in [0.3, 0.4) is 0 Å². The van der Waals surface area contributed by atoms with E-state index in [9.17, 15) is 0 Å². The molecule has 0 radical (unpaired) electrons. The molecule has 1 aliphatic carbocycles. The minimum atomic E-state index is 0.977. The van der Waals surface area contributed by atoms with Crippen LogP contribution in [0.5, 0.6) is 0 Å². The summed E-state index contributed by atoms with van der Waals surface area (Å²) in [5.41, 5.74) is 3.59. The average Bonchev–Trinajstić information content (AvgIpc) is 2.50. The van der Waals surface area contributed by atoms with Gasteiger partial charge in [0.15, 0.2) is 0 Å². The first kappa shape index (κ1) is 6.53. The molecule has 56 valence electrons. The number of hydrogen-bond acceptors (Lipinski definition) is 2. The minimum Gasteiger partial charge on any atom is -0.241 e.